The van der Waals surface area contributed by atoms with Gasteiger partial charge in [-0.3, -0.25) is 0 Å². The molecule has 0 bridgehead atoms. The largest absolute Gasteiger partial charge is 0.399 e. The molecule has 0 aliphatic heterocycles. The normalized spacial score (nSPS) is 11.5. The van der Waals surface area contributed by atoms with Crippen molar-refractivity contribution in [2.24, 2.45) is 0 Å². The third-order valence-corrected chi connectivity index (χ3v) is 6.08. The summed E-state index contributed by atoms with van der Waals surface area (Å²) in [4.78, 5) is 0.0570. The fourth-order valence-electron chi connectivity index (χ4n) is 2.83. The van der Waals surface area contributed by atoms with E-state index in [1.54, 1.807) is 36.4 Å². The lowest BCUT2D eigenvalue weighted by Crippen LogP contribution is -2.06. The molecule has 0 radical (unpaired) electrons. The van der Waals surface area contributed by atoms with Crippen LogP contribution in [0.2, 0.25) is 5.02 Å². The third kappa shape index (κ3) is 3.26. The molecular weight excluding hydrogens is 396 g/mol. The molecule has 0 aliphatic carbocycles. The van der Waals surface area contributed by atoms with Crippen LogP contribution in [-0.4, -0.2) is 23.4 Å². The lowest BCUT2D eigenvalue weighted by atomic mass is 10.1. The van der Waals surface area contributed by atoms with Crippen LogP contribution >= 0.6 is 11.6 Å². The molecule has 140 valence electrons. The number of nitrogen functional groups attached to an aromatic ring is 1. The Balaban J connectivity index is 1.97. The highest BCUT2D eigenvalue weighted by Crippen LogP contribution is 2.32. The Morgan fingerprint density at radius 3 is 2.29 bits per heavy atom. The number of nitrogens with two attached hydrogens (primary N) is 1. The summed E-state index contributed by atoms with van der Waals surface area (Å²) in [7, 11) is -3.94. The SMILES string of the molecule is Nc1ccc(-n2nnc(S(=O)(=O)c3cccc(Cl)c3)c2-c2ccccc2)cc1. The molecule has 4 aromatic rings. The van der Waals surface area contributed by atoms with Crippen LogP contribution in [0.3, 0.4) is 0 Å². The topological polar surface area (TPSA) is 90.9 Å². The van der Waals surface area contributed by atoms with Gasteiger partial charge in [-0.25, -0.2) is 13.1 Å². The molecule has 0 fully saturated rings. The standard InChI is InChI=1S/C20H15ClN4O2S/c21-15-7-4-8-18(13-15)28(26,27)20-19(14-5-2-1-3-6-14)25(24-23-20)17-11-9-16(22)10-12-17/h1-13H,22H2. The molecule has 0 aliphatic rings. The Hall–Kier alpha value is -3.16. The van der Waals surface area contributed by atoms with Gasteiger partial charge in [-0.15, -0.1) is 5.10 Å². The molecule has 3 aromatic carbocycles. The lowest BCUT2D eigenvalue weighted by Gasteiger charge is -2.09. The fraction of sp³-hybridized carbons (Fsp3) is 0. The van der Waals surface area contributed by atoms with Crippen LogP contribution in [0.5, 0.6) is 0 Å². The third-order valence-electron chi connectivity index (χ3n) is 4.19. The van der Waals surface area contributed by atoms with Crippen LogP contribution in [0.15, 0.2) is 88.8 Å². The van der Waals surface area contributed by atoms with Crippen LogP contribution in [0.1, 0.15) is 0 Å². The number of benzene rings is 3. The maximum Gasteiger partial charge on any atom is 0.228 e. The van der Waals surface area contributed by atoms with Crippen molar-refractivity contribution in [3.05, 3.63) is 83.9 Å². The smallest absolute Gasteiger partial charge is 0.228 e. The number of aromatic nitrogens is 3. The van der Waals surface area contributed by atoms with Gasteiger partial charge in [0, 0.05) is 16.3 Å². The number of hydrogen-bond acceptors (Lipinski definition) is 5. The Morgan fingerprint density at radius 1 is 0.893 bits per heavy atom. The van der Waals surface area contributed by atoms with Crippen molar-refractivity contribution in [1.82, 2.24) is 15.0 Å². The zero-order valence-corrected chi connectivity index (χ0v) is 16.1. The predicted octanol–water partition coefficient (Wildman–Crippen LogP) is 4.00. The molecule has 4 rings (SSSR count). The second-order valence-corrected chi connectivity index (χ2v) is 8.37. The van der Waals surface area contributed by atoms with Crippen molar-refractivity contribution in [3.63, 3.8) is 0 Å². The summed E-state index contributed by atoms with van der Waals surface area (Å²) in [5.74, 6) is 0. The first-order chi connectivity index (χ1) is 13.5. The Kier molecular flexibility index (Phi) is 4.62. The molecule has 0 unspecified atom stereocenters. The summed E-state index contributed by atoms with van der Waals surface area (Å²) in [6.07, 6.45) is 0. The number of sulfone groups is 1. The van der Waals surface area contributed by atoms with Gasteiger partial charge < -0.3 is 5.73 Å². The molecule has 6 nitrogen and oxygen atoms in total. The zero-order valence-electron chi connectivity index (χ0n) is 14.5. The average molecular weight is 411 g/mol. The zero-order chi connectivity index (χ0) is 19.7. The number of nitrogens with zero attached hydrogens (tertiary/aromatic N) is 3. The minimum absolute atomic E-state index is 0.0570. The minimum Gasteiger partial charge on any atom is -0.399 e. The molecule has 0 spiro atoms. The summed E-state index contributed by atoms with van der Waals surface area (Å²) in [5, 5.41) is 8.33. The summed E-state index contributed by atoms with van der Waals surface area (Å²) >= 11 is 5.99. The molecule has 0 amide bonds. The van der Waals surface area contributed by atoms with Crippen LogP contribution in [0.4, 0.5) is 5.69 Å². The van der Waals surface area contributed by atoms with Crippen LogP contribution in [0, 0.1) is 0 Å². The van der Waals surface area contributed by atoms with Crippen molar-refractivity contribution in [3.8, 4) is 16.9 Å². The van der Waals surface area contributed by atoms with Gasteiger partial charge in [-0.1, -0.05) is 53.2 Å². The molecule has 1 aromatic heterocycles. The van der Waals surface area contributed by atoms with E-state index < -0.39 is 9.84 Å². The molecular formula is C20H15ClN4O2S. The fourth-order valence-corrected chi connectivity index (χ4v) is 4.45. The van der Waals surface area contributed by atoms with Crippen LogP contribution in [0.25, 0.3) is 16.9 Å². The number of hydrogen-bond donors (Lipinski definition) is 1. The van der Waals surface area contributed by atoms with E-state index in [9.17, 15) is 8.42 Å². The van der Waals surface area contributed by atoms with E-state index in [0.717, 1.165) is 0 Å². The Labute approximate surface area is 167 Å². The van der Waals surface area contributed by atoms with E-state index in [1.807, 2.05) is 30.3 Å². The highest BCUT2D eigenvalue weighted by atomic mass is 35.5. The second kappa shape index (κ2) is 7.10. The summed E-state index contributed by atoms with van der Waals surface area (Å²) in [6.45, 7) is 0. The molecule has 0 saturated carbocycles. The van der Waals surface area contributed by atoms with Gasteiger partial charge in [0.2, 0.25) is 14.9 Å². The first kappa shape index (κ1) is 18.2. The first-order valence-corrected chi connectivity index (χ1v) is 10.2. The van der Waals surface area contributed by atoms with Gasteiger partial charge in [0.25, 0.3) is 0 Å². The molecule has 0 saturated heterocycles. The highest BCUT2D eigenvalue weighted by Gasteiger charge is 2.29. The van der Waals surface area contributed by atoms with E-state index in [2.05, 4.69) is 10.3 Å². The van der Waals surface area contributed by atoms with Gasteiger partial charge in [0.05, 0.1) is 10.6 Å². The molecule has 0 atom stereocenters. The maximum atomic E-state index is 13.3. The van der Waals surface area contributed by atoms with Crippen LogP contribution < -0.4 is 5.73 Å². The lowest BCUT2D eigenvalue weighted by molar-refractivity contribution is 0.592. The van der Waals surface area contributed by atoms with Crippen molar-refractivity contribution < 1.29 is 8.42 Å². The monoisotopic (exact) mass is 410 g/mol. The summed E-state index contributed by atoms with van der Waals surface area (Å²) in [5.41, 5.74) is 8.04. The maximum absolute atomic E-state index is 13.3. The van der Waals surface area contributed by atoms with E-state index in [1.165, 1.54) is 16.8 Å². The highest BCUT2D eigenvalue weighted by molar-refractivity contribution is 7.91. The Bertz CT molecular complexity index is 1240. The van der Waals surface area contributed by atoms with E-state index in [-0.39, 0.29) is 9.92 Å². The Morgan fingerprint density at radius 2 is 1.61 bits per heavy atom. The van der Waals surface area contributed by atoms with Crippen molar-refractivity contribution in [1.29, 1.82) is 0 Å². The predicted molar refractivity (Wildman–Crippen MR) is 108 cm³/mol. The first-order valence-electron chi connectivity index (χ1n) is 8.34. The van der Waals surface area contributed by atoms with Crippen molar-refractivity contribution in [2.75, 3.05) is 5.73 Å². The number of rotatable bonds is 4. The summed E-state index contributed by atoms with van der Waals surface area (Å²) < 4.78 is 28.1. The van der Waals surface area contributed by atoms with Gasteiger partial charge >= 0.3 is 0 Å². The molecule has 2 N–H and O–H groups in total. The van der Waals surface area contributed by atoms with Gasteiger partial charge in [-0.05, 0) is 42.5 Å². The van der Waals surface area contributed by atoms with Gasteiger partial charge in [0.1, 0.15) is 5.69 Å². The second-order valence-electron chi connectivity index (χ2n) is 6.07. The minimum atomic E-state index is -3.94. The van der Waals surface area contributed by atoms with E-state index >= 15 is 0 Å². The number of halogens is 1. The van der Waals surface area contributed by atoms with Gasteiger partial charge in [0.15, 0.2) is 0 Å². The quantitative estimate of drug-likeness (QED) is 0.513. The van der Waals surface area contributed by atoms with Crippen LogP contribution in [-0.2, 0) is 9.84 Å². The summed E-state index contributed by atoms with van der Waals surface area (Å²) in [6, 6.07) is 22.2. The molecule has 28 heavy (non-hydrogen) atoms. The van der Waals surface area contributed by atoms with Crippen molar-refractivity contribution >= 4 is 27.1 Å². The van der Waals surface area contributed by atoms with E-state index in [4.69, 9.17) is 17.3 Å². The van der Waals surface area contributed by atoms with Crippen molar-refractivity contribution in [2.45, 2.75) is 9.92 Å². The number of anilines is 1. The van der Waals surface area contributed by atoms with Gasteiger partial charge in [-0.2, -0.15) is 0 Å². The molecule has 1 heterocycles. The van der Waals surface area contributed by atoms with E-state index in [0.29, 0.717) is 27.7 Å². The molecule has 8 heteroatoms. The average Bonchev–Trinajstić information content (AvgIpc) is 3.15.